The monoisotopic (exact) mass is 542 g/mol. The molecule has 0 saturated carbocycles. The summed E-state index contributed by atoms with van der Waals surface area (Å²) in [5.74, 6) is 2.38. The third-order valence-corrected chi connectivity index (χ3v) is 9.59. The lowest BCUT2D eigenvalue weighted by Gasteiger charge is -2.40. The SMILES string of the molecule is CC1=C(/C=C/C(C)=C/C=C/C(C)=C/C=C/C=C(\C)CCCC(C)CC[C@H]2[C@@H](C)C=CCC2(C)C)C(C)(C)CCC1. The Hall–Kier alpha value is -2.08. The maximum atomic E-state index is 2.46. The Morgan fingerprint density at radius 1 is 0.950 bits per heavy atom. The quantitative estimate of drug-likeness (QED) is 0.160. The Morgan fingerprint density at radius 2 is 1.62 bits per heavy atom. The molecule has 2 rings (SSSR count). The van der Waals surface area contributed by atoms with E-state index in [1.165, 1.54) is 80.1 Å². The molecule has 0 fully saturated rings. The van der Waals surface area contributed by atoms with Crippen molar-refractivity contribution in [3.63, 3.8) is 0 Å². The molecular weight excluding hydrogens is 480 g/mol. The van der Waals surface area contributed by atoms with Crippen molar-refractivity contribution >= 4 is 0 Å². The molecule has 0 aromatic heterocycles. The summed E-state index contributed by atoms with van der Waals surface area (Å²) in [5, 5.41) is 0. The molecule has 0 heteroatoms. The molecular formula is C40H62. The zero-order chi connectivity index (χ0) is 29.8. The Bertz CT molecular complexity index is 1040. The number of allylic oxidation sites excluding steroid dienone is 16. The van der Waals surface area contributed by atoms with E-state index in [0.29, 0.717) is 10.8 Å². The third kappa shape index (κ3) is 11.8. The van der Waals surface area contributed by atoms with Gasteiger partial charge in [0.2, 0.25) is 0 Å². The fourth-order valence-electron chi connectivity index (χ4n) is 6.77. The molecule has 0 nitrogen and oxygen atoms in total. The van der Waals surface area contributed by atoms with Crippen LogP contribution in [0, 0.1) is 28.6 Å². The number of hydrogen-bond donors (Lipinski definition) is 0. The Morgan fingerprint density at radius 3 is 2.33 bits per heavy atom. The van der Waals surface area contributed by atoms with Crippen LogP contribution in [0.1, 0.15) is 127 Å². The van der Waals surface area contributed by atoms with Crippen LogP contribution in [0.4, 0.5) is 0 Å². The second-order valence-electron chi connectivity index (χ2n) is 14.5. The van der Waals surface area contributed by atoms with Crippen LogP contribution in [0.3, 0.4) is 0 Å². The van der Waals surface area contributed by atoms with Gasteiger partial charge in [-0.25, -0.2) is 0 Å². The minimum Gasteiger partial charge on any atom is -0.0877 e. The van der Waals surface area contributed by atoms with Crippen LogP contribution in [0.2, 0.25) is 0 Å². The molecule has 222 valence electrons. The summed E-state index contributed by atoms with van der Waals surface area (Å²) in [6.45, 7) is 23.5. The van der Waals surface area contributed by atoms with Crippen LogP contribution in [0.25, 0.3) is 0 Å². The van der Waals surface area contributed by atoms with Gasteiger partial charge in [-0.1, -0.05) is 144 Å². The summed E-state index contributed by atoms with van der Waals surface area (Å²) >= 11 is 0. The van der Waals surface area contributed by atoms with E-state index in [1.54, 1.807) is 5.57 Å². The minimum absolute atomic E-state index is 0.300. The maximum Gasteiger partial charge on any atom is -0.0104 e. The molecule has 0 spiro atoms. The van der Waals surface area contributed by atoms with E-state index < -0.39 is 0 Å². The predicted molar refractivity (Wildman–Crippen MR) is 181 cm³/mol. The zero-order valence-corrected chi connectivity index (χ0v) is 27.9. The second-order valence-corrected chi connectivity index (χ2v) is 14.5. The molecule has 0 amide bonds. The molecule has 0 N–H and O–H groups in total. The van der Waals surface area contributed by atoms with Gasteiger partial charge in [-0.3, -0.25) is 0 Å². The third-order valence-electron chi connectivity index (χ3n) is 9.59. The topological polar surface area (TPSA) is 0 Å². The number of hydrogen-bond acceptors (Lipinski definition) is 0. The van der Waals surface area contributed by atoms with E-state index in [1.807, 2.05) is 0 Å². The van der Waals surface area contributed by atoms with E-state index in [-0.39, 0.29) is 0 Å². The van der Waals surface area contributed by atoms with E-state index in [9.17, 15) is 0 Å². The first-order valence-electron chi connectivity index (χ1n) is 16.2. The van der Waals surface area contributed by atoms with Crippen molar-refractivity contribution in [3.05, 3.63) is 94.7 Å². The van der Waals surface area contributed by atoms with Gasteiger partial charge in [0.25, 0.3) is 0 Å². The van der Waals surface area contributed by atoms with Gasteiger partial charge in [0.15, 0.2) is 0 Å². The Kier molecular flexibility index (Phi) is 14.0. The number of rotatable bonds is 13. The van der Waals surface area contributed by atoms with E-state index in [2.05, 4.69) is 136 Å². The first-order chi connectivity index (χ1) is 18.8. The van der Waals surface area contributed by atoms with Crippen LogP contribution in [0.5, 0.6) is 0 Å². The molecule has 2 aliphatic carbocycles. The smallest absolute Gasteiger partial charge is 0.0104 e. The molecule has 0 aromatic rings. The lowest BCUT2D eigenvalue weighted by Crippen LogP contribution is -2.31. The summed E-state index contributed by atoms with van der Waals surface area (Å²) in [6.07, 6.45) is 36.6. The van der Waals surface area contributed by atoms with Gasteiger partial charge in [0, 0.05) is 0 Å². The summed E-state index contributed by atoms with van der Waals surface area (Å²) < 4.78 is 0. The largest absolute Gasteiger partial charge is 0.0877 e. The summed E-state index contributed by atoms with van der Waals surface area (Å²) in [6, 6.07) is 0. The standard InChI is InChI=1S/C40H62/c1-31(19-13-21-33(3)25-27-37-35(5)23-15-29-39(37,7)8)17-11-12-18-32(2)20-14-22-34(4)26-28-38-36(6)24-16-30-40(38,9)10/h11-13,16-19,21,24-25,27,34,36,38H,14-15,20,22-23,26,28-30H2,1-10H3/b12-11+,19-13+,27-25+,31-17+,32-18+,33-21+/t34?,36-,38-/m0/s1. The molecule has 1 unspecified atom stereocenters. The average molecular weight is 543 g/mol. The summed E-state index contributed by atoms with van der Waals surface area (Å²) in [7, 11) is 0. The Balaban J connectivity index is 1.73. The van der Waals surface area contributed by atoms with Gasteiger partial charge < -0.3 is 0 Å². The highest BCUT2D eigenvalue weighted by Gasteiger charge is 2.34. The summed E-state index contributed by atoms with van der Waals surface area (Å²) in [5.41, 5.74) is 7.88. The van der Waals surface area contributed by atoms with Gasteiger partial charge in [-0.15, -0.1) is 0 Å². The van der Waals surface area contributed by atoms with Crippen LogP contribution in [-0.4, -0.2) is 0 Å². The first kappa shape index (κ1) is 34.1. The van der Waals surface area contributed by atoms with Crippen molar-refractivity contribution in [1.29, 1.82) is 0 Å². The summed E-state index contributed by atoms with van der Waals surface area (Å²) in [4.78, 5) is 0. The first-order valence-corrected chi connectivity index (χ1v) is 16.2. The molecule has 0 heterocycles. The molecule has 40 heavy (non-hydrogen) atoms. The van der Waals surface area contributed by atoms with Gasteiger partial charge >= 0.3 is 0 Å². The fraction of sp³-hybridized carbons (Fsp3) is 0.600. The van der Waals surface area contributed by atoms with Crippen molar-refractivity contribution in [1.82, 2.24) is 0 Å². The van der Waals surface area contributed by atoms with Crippen molar-refractivity contribution < 1.29 is 0 Å². The van der Waals surface area contributed by atoms with E-state index in [0.717, 1.165) is 17.8 Å². The Labute approximate surface area is 249 Å². The molecule has 3 atom stereocenters. The highest BCUT2D eigenvalue weighted by Crippen LogP contribution is 2.44. The maximum absolute atomic E-state index is 2.46. The minimum atomic E-state index is 0.300. The van der Waals surface area contributed by atoms with Crippen LogP contribution >= 0.6 is 0 Å². The van der Waals surface area contributed by atoms with Crippen molar-refractivity contribution in [2.24, 2.45) is 28.6 Å². The van der Waals surface area contributed by atoms with Gasteiger partial charge in [0.05, 0.1) is 0 Å². The molecule has 2 aliphatic rings. The van der Waals surface area contributed by atoms with Gasteiger partial charge in [0.1, 0.15) is 0 Å². The lowest BCUT2D eigenvalue weighted by molar-refractivity contribution is 0.139. The van der Waals surface area contributed by atoms with E-state index in [4.69, 9.17) is 0 Å². The fourth-order valence-corrected chi connectivity index (χ4v) is 6.77. The van der Waals surface area contributed by atoms with Crippen molar-refractivity contribution in [2.45, 2.75) is 127 Å². The molecule has 0 aliphatic heterocycles. The van der Waals surface area contributed by atoms with E-state index >= 15 is 0 Å². The lowest BCUT2D eigenvalue weighted by atomic mass is 9.65. The predicted octanol–water partition coefficient (Wildman–Crippen LogP) is 12.8. The van der Waals surface area contributed by atoms with Crippen molar-refractivity contribution in [3.8, 4) is 0 Å². The highest BCUT2D eigenvalue weighted by atomic mass is 14.4. The second kappa shape index (κ2) is 16.4. The van der Waals surface area contributed by atoms with Gasteiger partial charge in [-0.2, -0.15) is 0 Å². The van der Waals surface area contributed by atoms with Crippen molar-refractivity contribution in [2.75, 3.05) is 0 Å². The highest BCUT2D eigenvalue weighted by molar-refractivity contribution is 5.37. The normalized spacial score (nSPS) is 25.1. The molecule has 0 radical (unpaired) electrons. The molecule has 0 bridgehead atoms. The van der Waals surface area contributed by atoms with Crippen LogP contribution < -0.4 is 0 Å². The average Bonchev–Trinajstić information content (AvgIpc) is 2.85. The zero-order valence-electron chi connectivity index (χ0n) is 27.9. The molecule has 0 aromatic carbocycles. The molecule has 0 saturated heterocycles. The van der Waals surface area contributed by atoms with Crippen LogP contribution in [-0.2, 0) is 0 Å². The van der Waals surface area contributed by atoms with Crippen LogP contribution in [0.15, 0.2) is 94.7 Å². The van der Waals surface area contributed by atoms with Gasteiger partial charge in [-0.05, 0) is 107 Å².